The predicted octanol–water partition coefficient (Wildman–Crippen LogP) is 3.29. The average Bonchev–Trinajstić information content (AvgIpc) is 2.63. The summed E-state index contributed by atoms with van der Waals surface area (Å²) in [4.78, 5) is 23.4. The Labute approximate surface area is 155 Å². The summed E-state index contributed by atoms with van der Waals surface area (Å²) < 4.78 is 11.1. The summed E-state index contributed by atoms with van der Waals surface area (Å²) in [5, 5.41) is 2.75. The van der Waals surface area contributed by atoms with Crippen LogP contribution in [0.2, 0.25) is 0 Å². The minimum Gasteiger partial charge on any atom is -0.482 e. The molecule has 5 nitrogen and oxygen atoms in total. The van der Waals surface area contributed by atoms with E-state index in [1.54, 1.807) is 18.2 Å². The van der Waals surface area contributed by atoms with Crippen LogP contribution in [-0.2, 0) is 14.3 Å². The van der Waals surface area contributed by atoms with Crippen molar-refractivity contribution < 1.29 is 19.1 Å². The third-order valence-corrected chi connectivity index (χ3v) is 3.98. The second-order valence-electron chi connectivity index (χ2n) is 5.52. The van der Waals surface area contributed by atoms with Gasteiger partial charge < -0.3 is 14.8 Å². The molecule has 0 radical (unpaired) electrons. The van der Waals surface area contributed by atoms with Crippen molar-refractivity contribution in [2.75, 3.05) is 19.8 Å². The van der Waals surface area contributed by atoms with Crippen LogP contribution in [-0.4, -0.2) is 31.6 Å². The second kappa shape index (κ2) is 9.84. The fourth-order valence-corrected chi connectivity index (χ4v) is 2.48. The number of nitrogens with one attached hydrogen (secondary N) is 1. The Hall–Kier alpha value is -2.34. The van der Waals surface area contributed by atoms with E-state index in [0.29, 0.717) is 12.3 Å². The van der Waals surface area contributed by atoms with E-state index < -0.39 is 5.97 Å². The number of esters is 1. The molecule has 0 saturated carbocycles. The molecule has 2 aromatic rings. The summed E-state index contributed by atoms with van der Waals surface area (Å²) in [6.07, 6.45) is 0. The molecular weight excluding hydrogens is 386 g/mol. The van der Waals surface area contributed by atoms with Gasteiger partial charge in [-0.05, 0) is 29.7 Å². The number of benzene rings is 2. The maximum atomic E-state index is 11.8. The lowest BCUT2D eigenvalue weighted by Gasteiger charge is -2.13. The highest BCUT2D eigenvalue weighted by atomic mass is 79.9. The van der Waals surface area contributed by atoms with Crippen molar-refractivity contribution in [1.82, 2.24) is 5.32 Å². The first-order valence-electron chi connectivity index (χ1n) is 7.90. The summed E-state index contributed by atoms with van der Waals surface area (Å²) in [6.45, 7) is 1.94. The lowest BCUT2D eigenvalue weighted by atomic mass is 10.0. The number of carbonyl (C=O) groups is 2. The third-order valence-electron chi connectivity index (χ3n) is 3.49. The van der Waals surface area contributed by atoms with Gasteiger partial charge in [-0.2, -0.15) is 0 Å². The Kier molecular flexibility index (Phi) is 7.47. The molecule has 0 aliphatic carbocycles. The van der Waals surface area contributed by atoms with Crippen LogP contribution in [0.4, 0.5) is 0 Å². The molecule has 1 amide bonds. The van der Waals surface area contributed by atoms with Gasteiger partial charge in [0.1, 0.15) is 5.75 Å². The van der Waals surface area contributed by atoms with Crippen molar-refractivity contribution in [2.45, 2.75) is 12.8 Å². The molecule has 2 rings (SSSR count). The van der Waals surface area contributed by atoms with Gasteiger partial charge in [0.05, 0.1) is 0 Å². The molecule has 0 unspecified atom stereocenters. The molecular formula is C19H20BrNO4. The number of ether oxygens (including phenoxy) is 2. The maximum Gasteiger partial charge on any atom is 0.344 e. The first-order valence-corrected chi connectivity index (χ1v) is 8.69. The minimum atomic E-state index is -0.591. The Morgan fingerprint density at radius 2 is 1.84 bits per heavy atom. The van der Waals surface area contributed by atoms with E-state index in [-0.39, 0.29) is 25.0 Å². The molecule has 0 aromatic heterocycles. The standard InChI is InChI=1S/C19H20BrNO4/c1-14(15-6-3-2-4-7-15)11-21-18(22)12-25-19(23)13-24-17-9-5-8-16(20)10-17/h2-10,14H,11-13H2,1H3,(H,21,22)/t14-/m1/s1. The molecule has 25 heavy (non-hydrogen) atoms. The lowest BCUT2D eigenvalue weighted by Crippen LogP contribution is -2.32. The van der Waals surface area contributed by atoms with Crippen molar-refractivity contribution in [1.29, 1.82) is 0 Å². The number of hydrogen-bond donors (Lipinski definition) is 1. The highest BCUT2D eigenvalue weighted by molar-refractivity contribution is 9.10. The molecule has 0 saturated heterocycles. The van der Waals surface area contributed by atoms with Gasteiger partial charge in [0.25, 0.3) is 5.91 Å². The number of rotatable bonds is 8. The van der Waals surface area contributed by atoms with Crippen molar-refractivity contribution in [3.8, 4) is 5.75 Å². The van der Waals surface area contributed by atoms with Crippen LogP contribution in [0.25, 0.3) is 0 Å². The van der Waals surface area contributed by atoms with Crippen LogP contribution in [0.3, 0.4) is 0 Å². The number of amides is 1. The first kappa shape index (κ1) is 19.0. The van der Waals surface area contributed by atoms with Gasteiger partial charge in [0.2, 0.25) is 0 Å². The maximum absolute atomic E-state index is 11.8. The Morgan fingerprint density at radius 3 is 2.56 bits per heavy atom. The molecule has 1 atom stereocenters. The Bertz CT molecular complexity index is 706. The molecule has 1 N–H and O–H groups in total. The molecule has 0 aliphatic rings. The summed E-state index contributed by atoms with van der Waals surface area (Å²) in [7, 11) is 0. The van der Waals surface area contributed by atoms with Gasteiger partial charge in [-0.3, -0.25) is 4.79 Å². The highest BCUT2D eigenvalue weighted by Crippen LogP contribution is 2.17. The van der Waals surface area contributed by atoms with Crippen LogP contribution in [0.15, 0.2) is 59.1 Å². The minimum absolute atomic E-state index is 0.181. The van der Waals surface area contributed by atoms with E-state index >= 15 is 0 Å². The summed E-state index contributed by atoms with van der Waals surface area (Å²) in [6, 6.07) is 17.0. The highest BCUT2D eigenvalue weighted by Gasteiger charge is 2.10. The molecule has 2 aromatic carbocycles. The van der Waals surface area contributed by atoms with Crippen LogP contribution in [0.1, 0.15) is 18.4 Å². The Morgan fingerprint density at radius 1 is 1.08 bits per heavy atom. The van der Waals surface area contributed by atoms with Gasteiger partial charge in [-0.1, -0.05) is 59.3 Å². The molecule has 0 bridgehead atoms. The molecule has 0 spiro atoms. The van der Waals surface area contributed by atoms with Crippen molar-refractivity contribution >= 4 is 27.8 Å². The molecule has 6 heteroatoms. The smallest absolute Gasteiger partial charge is 0.344 e. The van der Waals surface area contributed by atoms with Gasteiger partial charge >= 0.3 is 5.97 Å². The zero-order chi connectivity index (χ0) is 18.1. The SMILES string of the molecule is C[C@H](CNC(=O)COC(=O)COc1cccc(Br)c1)c1ccccc1. The van der Waals surface area contributed by atoms with E-state index in [1.807, 2.05) is 43.3 Å². The van der Waals surface area contributed by atoms with Gasteiger partial charge in [0.15, 0.2) is 13.2 Å². The van der Waals surface area contributed by atoms with E-state index in [0.717, 1.165) is 10.0 Å². The van der Waals surface area contributed by atoms with Crippen molar-refractivity contribution in [3.05, 3.63) is 64.6 Å². The lowest BCUT2D eigenvalue weighted by molar-refractivity contribution is -0.150. The van der Waals surface area contributed by atoms with Gasteiger partial charge in [-0.15, -0.1) is 0 Å². The molecule has 0 heterocycles. The van der Waals surface area contributed by atoms with E-state index in [2.05, 4.69) is 21.2 Å². The van der Waals surface area contributed by atoms with Crippen LogP contribution in [0.5, 0.6) is 5.75 Å². The van der Waals surface area contributed by atoms with E-state index in [9.17, 15) is 9.59 Å². The van der Waals surface area contributed by atoms with Crippen LogP contribution >= 0.6 is 15.9 Å². The fraction of sp³-hybridized carbons (Fsp3) is 0.263. The number of halogens is 1. The predicted molar refractivity (Wildman–Crippen MR) is 98.5 cm³/mol. The van der Waals surface area contributed by atoms with E-state index in [4.69, 9.17) is 9.47 Å². The van der Waals surface area contributed by atoms with Crippen molar-refractivity contribution in [3.63, 3.8) is 0 Å². The average molecular weight is 406 g/mol. The van der Waals surface area contributed by atoms with Crippen molar-refractivity contribution in [2.24, 2.45) is 0 Å². The van der Waals surface area contributed by atoms with Gasteiger partial charge in [-0.25, -0.2) is 4.79 Å². The number of hydrogen-bond acceptors (Lipinski definition) is 4. The summed E-state index contributed by atoms with van der Waals surface area (Å²) >= 11 is 3.32. The topological polar surface area (TPSA) is 64.6 Å². The zero-order valence-corrected chi connectivity index (χ0v) is 15.5. The quantitative estimate of drug-likeness (QED) is 0.684. The largest absolute Gasteiger partial charge is 0.482 e. The first-order chi connectivity index (χ1) is 12.0. The molecule has 0 fully saturated rings. The number of carbonyl (C=O) groups excluding carboxylic acids is 2. The molecule has 132 valence electrons. The second-order valence-corrected chi connectivity index (χ2v) is 6.44. The summed E-state index contributed by atoms with van der Waals surface area (Å²) in [5.74, 6) is -0.196. The zero-order valence-electron chi connectivity index (χ0n) is 13.9. The third kappa shape index (κ3) is 6.97. The summed E-state index contributed by atoms with van der Waals surface area (Å²) in [5.41, 5.74) is 1.14. The normalized spacial score (nSPS) is 11.4. The van der Waals surface area contributed by atoms with Crippen LogP contribution in [0, 0.1) is 0 Å². The Balaban J connectivity index is 1.65. The van der Waals surface area contributed by atoms with E-state index in [1.165, 1.54) is 0 Å². The monoisotopic (exact) mass is 405 g/mol. The van der Waals surface area contributed by atoms with Gasteiger partial charge in [0, 0.05) is 11.0 Å². The van der Waals surface area contributed by atoms with Crippen LogP contribution < -0.4 is 10.1 Å². The molecule has 0 aliphatic heterocycles. The fourth-order valence-electron chi connectivity index (χ4n) is 2.10.